The molecule has 1 unspecified atom stereocenters. The van der Waals surface area contributed by atoms with Crippen LogP contribution in [0.2, 0.25) is 0 Å². The number of hydrogen-bond donors (Lipinski definition) is 1. The smallest absolute Gasteiger partial charge is 0.293 e. The summed E-state index contributed by atoms with van der Waals surface area (Å²) >= 11 is 1.28. The monoisotopic (exact) mass is 239 g/mol. The molecule has 5 heteroatoms. The van der Waals surface area contributed by atoms with Crippen molar-refractivity contribution in [1.82, 2.24) is 5.32 Å². The van der Waals surface area contributed by atoms with Gasteiger partial charge in [0.1, 0.15) is 0 Å². The molecule has 0 saturated carbocycles. The maximum Gasteiger partial charge on any atom is 0.293 e. The SMILES string of the molecule is O=C(NCC1CCCO1)C(=O)c1cccs1. The molecule has 2 rings (SSSR count). The van der Waals surface area contributed by atoms with Crippen molar-refractivity contribution in [2.45, 2.75) is 18.9 Å². The van der Waals surface area contributed by atoms with Crippen molar-refractivity contribution in [2.75, 3.05) is 13.2 Å². The second-order valence-electron chi connectivity index (χ2n) is 3.65. The number of ether oxygens (including phenoxy) is 1. The third-order valence-corrected chi connectivity index (χ3v) is 3.33. The summed E-state index contributed by atoms with van der Waals surface area (Å²) in [6.07, 6.45) is 2.05. The van der Waals surface area contributed by atoms with Gasteiger partial charge >= 0.3 is 0 Å². The van der Waals surface area contributed by atoms with Gasteiger partial charge in [0, 0.05) is 13.2 Å². The second kappa shape index (κ2) is 5.23. The molecule has 16 heavy (non-hydrogen) atoms. The van der Waals surface area contributed by atoms with Crippen molar-refractivity contribution in [2.24, 2.45) is 0 Å². The summed E-state index contributed by atoms with van der Waals surface area (Å²) in [7, 11) is 0. The Kier molecular flexibility index (Phi) is 3.69. The number of carbonyl (C=O) groups excluding carboxylic acids is 2. The van der Waals surface area contributed by atoms with E-state index in [9.17, 15) is 9.59 Å². The number of hydrogen-bond acceptors (Lipinski definition) is 4. The maximum absolute atomic E-state index is 11.6. The highest BCUT2D eigenvalue weighted by atomic mass is 32.1. The predicted molar refractivity (Wildman–Crippen MR) is 60.6 cm³/mol. The number of carbonyl (C=O) groups is 2. The average molecular weight is 239 g/mol. The molecule has 0 aliphatic carbocycles. The van der Waals surface area contributed by atoms with Crippen LogP contribution in [0.3, 0.4) is 0 Å². The lowest BCUT2D eigenvalue weighted by atomic mass is 10.2. The van der Waals surface area contributed by atoms with E-state index in [1.165, 1.54) is 11.3 Å². The molecule has 0 radical (unpaired) electrons. The quantitative estimate of drug-likeness (QED) is 0.635. The third-order valence-electron chi connectivity index (χ3n) is 2.47. The van der Waals surface area contributed by atoms with Crippen LogP contribution in [0.25, 0.3) is 0 Å². The van der Waals surface area contributed by atoms with Gasteiger partial charge in [-0.1, -0.05) is 6.07 Å². The van der Waals surface area contributed by atoms with Crippen LogP contribution in [0, 0.1) is 0 Å². The van der Waals surface area contributed by atoms with Gasteiger partial charge in [-0.05, 0) is 24.3 Å². The van der Waals surface area contributed by atoms with Gasteiger partial charge in [0.15, 0.2) is 0 Å². The van der Waals surface area contributed by atoms with E-state index in [0.29, 0.717) is 11.4 Å². The molecule has 1 aromatic heterocycles. The first kappa shape index (κ1) is 11.3. The lowest BCUT2D eigenvalue weighted by molar-refractivity contribution is -0.117. The van der Waals surface area contributed by atoms with Crippen LogP contribution in [0.4, 0.5) is 0 Å². The minimum Gasteiger partial charge on any atom is -0.376 e. The van der Waals surface area contributed by atoms with Crippen molar-refractivity contribution < 1.29 is 14.3 Å². The number of rotatable bonds is 4. The van der Waals surface area contributed by atoms with E-state index in [-0.39, 0.29) is 6.10 Å². The molecular formula is C11H13NO3S. The van der Waals surface area contributed by atoms with E-state index >= 15 is 0 Å². The molecule has 0 bridgehead atoms. The first-order valence-electron chi connectivity index (χ1n) is 5.25. The fourth-order valence-electron chi connectivity index (χ4n) is 1.61. The van der Waals surface area contributed by atoms with Crippen LogP contribution in [0.5, 0.6) is 0 Å². The standard InChI is InChI=1S/C11H13NO3S/c13-10(9-4-2-6-16-9)11(14)12-7-8-3-1-5-15-8/h2,4,6,8H,1,3,5,7H2,(H,12,14). The topological polar surface area (TPSA) is 55.4 Å². The van der Waals surface area contributed by atoms with Gasteiger partial charge in [-0.3, -0.25) is 9.59 Å². The molecule has 4 nitrogen and oxygen atoms in total. The van der Waals surface area contributed by atoms with Crippen molar-refractivity contribution in [1.29, 1.82) is 0 Å². The second-order valence-corrected chi connectivity index (χ2v) is 4.60. The molecule has 1 atom stereocenters. The van der Waals surface area contributed by atoms with Crippen molar-refractivity contribution in [3.05, 3.63) is 22.4 Å². The number of ketones is 1. The van der Waals surface area contributed by atoms with Crippen molar-refractivity contribution in [3.8, 4) is 0 Å². The minimum absolute atomic E-state index is 0.0695. The Morgan fingerprint density at radius 3 is 3.06 bits per heavy atom. The van der Waals surface area contributed by atoms with E-state index in [1.54, 1.807) is 17.5 Å². The molecule has 1 aliphatic rings. The maximum atomic E-state index is 11.6. The Labute approximate surface area is 97.6 Å². The molecule has 1 amide bonds. The van der Waals surface area contributed by atoms with Gasteiger partial charge in [0.25, 0.3) is 11.7 Å². The van der Waals surface area contributed by atoms with Crippen molar-refractivity contribution >= 4 is 23.0 Å². The Balaban J connectivity index is 1.81. The van der Waals surface area contributed by atoms with Crippen LogP contribution in [-0.2, 0) is 9.53 Å². The summed E-state index contributed by atoms with van der Waals surface area (Å²) in [5.74, 6) is -1.01. The molecule has 1 N–H and O–H groups in total. The third kappa shape index (κ3) is 2.68. The fourth-order valence-corrected chi connectivity index (χ4v) is 2.27. The molecule has 0 aromatic carbocycles. The Morgan fingerprint density at radius 1 is 1.56 bits per heavy atom. The van der Waals surface area contributed by atoms with Crippen LogP contribution < -0.4 is 5.32 Å². The molecule has 86 valence electrons. The van der Waals surface area contributed by atoms with Gasteiger partial charge in [0.2, 0.25) is 0 Å². The minimum atomic E-state index is -0.544. The highest BCUT2D eigenvalue weighted by molar-refractivity contribution is 7.13. The van der Waals surface area contributed by atoms with Crippen molar-refractivity contribution in [3.63, 3.8) is 0 Å². The van der Waals surface area contributed by atoms with E-state index in [1.807, 2.05) is 0 Å². The lowest BCUT2D eigenvalue weighted by Gasteiger charge is -2.09. The lowest BCUT2D eigenvalue weighted by Crippen LogP contribution is -2.36. The first-order chi connectivity index (χ1) is 7.77. The van der Waals surface area contributed by atoms with Crippen LogP contribution >= 0.6 is 11.3 Å². The molecule has 2 heterocycles. The highest BCUT2D eigenvalue weighted by Crippen LogP contribution is 2.11. The largest absolute Gasteiger partial charge is 0.376 e. The number of Topliss-reactive ketones (excluding diaryl/α,β-unsaturated/α-hetero) is 1. The predicted octanol–water partition coefficient (Wildman–Crippen LogP) is 1.23. The zero-order valence-electron chi connectivity index (χ0n) is 8.77. The zero-order valence-corrected chi connectivity index (χ0v) is 9.59. The van der Waals surface area contributed by atoms with E-state index < -0.39 is 11.7 Å². The summed E-state index contributed by atoms with van der Waals surface area (Å²) in [5, 5.41) is 4.38. The number of nitrogens with one attached hydrogen (secondary N) is 1. The molecule has 1 saturated heterocycles. The summed E-state index contributed by atoms with van der Waals surface area (Å²) in [5.41, 5.74) is 0. The molecule has 1 fully saturated rings. The normalized spacial score (nSPS) is 19.6. The Morgan fingerprint density at radius 2 is 2.44 bits per heavy atom. The van der Waals surface area contributed by atoms with Gasteiger partial charge in [-0.2, -0.15) is 0 Å². The van der Waals surface area contributed by atoms with Crippen LogP contribution in [-0.4, -0.2) is 30.9 Å². The first-order valence-corrected chi connectivity index (χ1v) is 6.13. The van der Waals surface area contributed by atoms with E-state index in [4.69, 9.17) is 4.74 Å². The Bertz CT molecular complexity index is 369. The molecule has 1 aromatic rings. The van der Waals surface area contributed by atoms with E-state index in [2.05, 4.69) is 5.32 Å². The molecule has 0 spiro atoms. The summed E-state index contributed by atoms with van der Waals surface area (Å²) < 4.78 is 5.35. The highest BCUT2D eigenvalue weighted by Gasteiger charge is 2.20. The Hall–Kier alpha value is -1.20. The number of amides is 1. The summed E-state index contributed by atoms with van der Waals surface area (Å²) in [6, 6.07) is 3.41. The van der Waals surface area contributed by atoms with Crippen LogP contribution in [0.1, 0.15) is 22.5 Å². The average Bonchev–Trinajstić information content (AvgIpc) is 2.96. The van der Waals surface area contributed by atoms with Gasteiger partial charge in [0.05, 0.1) is 11.0 Å². The molecular weight excluding hydrogens is 226 g/mol. The van der Waals surface area contributed by atoms with Crippen LogP contribution in [0.15, 0.2) is 17.5 Å². The van der Waals surface area contributed by atoms with E-state index in [0.717, 1.165) is 19.4 Å². The van der Waals surface area contributed by atoms with Gasteiger partial charge in [-0.25, -0.2) is 0 Å². The van der Waals surface area contributed by atoms with Gasteiger partial charge < -0.3 is 10.1 Å². The van der Waals surface area contributed by atoms with Gasteiger partial charge in [-0.15, -0.1) is 11.3 Å². The summed E-state index contributed by atoms with van der Waals surface area (Å²) in [6.45, 7) is 1.18. The summed E-state index contributed by atoms with van der Waals surface area (Å²) in [4.78, 5) is 23.5. The fraction of sp³-hybridized carbons (Fsp3) is 0.455. The molecule has 1 aliphatic heterocycles. The number of thiophene rings is 1. The zero-order chi connectivity index (χ0) is 11.4.